The van der Waals surface area contributed by atoms with Gasteiger partial charge in [-0.3, -0.25) is 0 Å². The van der Waals surface area contributed by atoms with E-state index >= 15 is 0 Å². The normalized spacial score (nSPS) is 17.5. The van der Waals surface area contributed by atoms with Crippen molar-refractivity contribution in [1.29, 1.82) is 0 Å². The number of piperidine rings is 1. The predicted molar refractivity (Wildman–Crippen MR) is 53.1 cm³/mol. The fourth-order valence-electron chi connectivity index (χ4n) is 1.59. The Labute approximate surface area is 82.8 Å². The Balaban J connectivity index is 2.10. The Hall–Kier alpha value is -0.830. The van der Waals surface area contributed by atoms with Gasteiger partial charge in [0, 0.05) is 13.1 Å². The number of anilines is 1. The number of hydrogen-bond acceptors (Lipinski definition) is 3. The summed E-state index contributed by atoms with van der Waals surface area (Å²) in [5, 5.41) is 0.459. The Morgan fingerprint density at radius 1 is 1.08 bits per heavy atom. The van der Waals surface area contributed by atoms with Crippen molar-refractivity contribution in [3.05, 3.63) is 17.5 Å². The van der Waals surface area contributed by atoms with E-state index in [4.69, 9.17) is 11.6 Å². The standard InChI is InChI=1S/C9H12ClN3/c10-8-6-12-9(7-11-8)13-4-2-1-3-5-13/h6-7H,1-5H2. The molecule has 1 aromatic heterocycles. The van der Waals surface area contributed by atoms with E-state index in [9.17, 15) is 0 Å². The molecule has 0 aromatic carbocycles. The largest absolute Gasteiger partial charge is 0.355 e. The molecule has 70 valence electrons. The summed E-state index contributed by atoms with van der Waals surface area (Å²) < 4.78 is 0. The lowest BCUT2D eigenvalue weighted by Gasteiger charge is -2.27. The van der Waals surface area contributed by atoms with E-state index in [1.54, 1.807) is 12.4 Å². The Kier molecular flexibility index (Phi) is 2.64. The van der Waals surface area contributed by atoms with E-state index < -0.39 is 0 Å². The van der Waals surface area contributed by atoms with Gasteiger partial charge in [0.1, 0.15) is 11.0 Å². The summed E-state index contributed by atoms with van der Waals surface area (Å²) in [6.07, 6.45) is 7.19. The molecule has 0 radical (unpaired) electrons. The highest BCUT2D eigenvalue weighted by Crippen LogP contribution is 2.16. The van der Waals surface area contributed by atoms with Crippen molar-refractivity contribution in [2.24, 2.45) is 0 Å². The lowest BCUT2D eigenvalue weighted by molar-refractivity contribution is 0.573. The molecule has 13 heavy (non-hydrogen) atoms. The molecule has 0 N–H and O–H groups in total. The maximum absolute atomic E-state index is 5.66. The molecular weight excluding hydrogens is 186 g/mol. The van der Waals surface area contributed by atoms with Gasteiger partial charge in [-0.2, -0.15) is 0 Å². The van der Waals surface area contributed by atoms with E-state index in [0.717, 1.165) is 18.9 Å². The number of rotatable bonds is 1. The molecule has 2 heterocycles. The van der Waals surface area contributed by atoms with E-state index in [-0.39, 0.29) is 0 Å². The lowest BCUT2D eigenvalue weighted by Crippen LogP contribution is -2.30. The van der Waals surface area contributed by atoms with Crippen molar-refractivity contribution < 1.29 is 0 Å². The van der Waals surface area contributed by atoms with Crippen LogP contribution in [0, 0.1) is 0 Å². The molecule has 0 aliphatic carbocycles. The average Bonchev–Trinajstić information content (AvgIpc) is 2.20. The molecular formula is C9H12ClN3. The van der Waals surface area contributed by atoms with Gasteiger partial charge >= 0.3 is 0 Å². The van der Waals surface area contributed by atoms with Crippen LogP contribution >= 0.6 is 11.6 Å². The fourth-order valence-corrected chi connectivity index (χ4v) is 1.69. The van der Waals surface area contributed by atoms with E-state index in [2.05, 4.69) is 14.9 Å². The van der Waals surface area contributed by atoms with Crippen LogP contribution in [0.5, 0.6) is 0 Å². The maximum atomic E-state index is 5.66. The van der Waals surface area contributed by atoms with Crippen LogP contribution in [-0.2, 0) is 0 Å². The zero-order valence-corrected chi connectivity index (χ0v) is 8.17. The molecule has 0 unspecified atom stereocenters. The second-order valence-electron chi connectivity index (χ2n) is 3.25. The molecule has 1 aliphatic heterocycles. The molecule has 1 saturated heterocycles. The third-order valence-electron chi connectivity index (χ3n) is 2.29. The van der Waals surface area contributed by atoms with Crippen molar-refractivity contribution in [3.63, 3.8) is 0 Å². The van der Waals surface area contributed by atoms with Crippen molar-refractivity contribution in [1.82, 2.24) is 9.97 Å². The fraction of sp³-hybridized carbons (Fsp3) is 0.556. The molecule has 1 aromatic rings. The van der Waals surface area contributed by atoms with E-state index in [1.807, 2.05) is 0 Å². The predicted octanol–water partition coefficient (Wildman–Crippen LogP) is 2.12. The summed E-state index contributed by atoms with van der Waals surface area (Å²) in [6, 6.07) is 0. The number of hydrogen-bond donors (Lipinski definition) is 0. The molecule has 4 heteroatoms. The van der Waals surface area contributed by atoms with Crippen molar-refractivity contribution in [2.45, 2.75) is 19.3 Å². The van der Waals surface area contributed by atoms with Crippen molar-refractivity contribution in [2.75, 3.05) is 18.0 Å². The van der Waals surface area contributed by atoms with E-state index in [0.29, 0.717) is 5.15 Å². The molecule has 0 saturated carbocycles. The summed E-state index contributed by atoms with van der Waals surface area (Å²) >= 11 is 5.66. The van der Waals surface area contributed by atoms with Crippen molar-refractivity contribution in [3.8, 4) is 0 Å². The summed E-state index contributed by atoms with van der Waals surface area (Å²) in [6.45, 7) is 2.19. The smallest absolute Gasteiger partial charge is 0.147 e. The highest BCUT2D eigenvalue weighted by Gasteiger charge is 2.11. The minimum Gasteiger partial charge on any atom is -0.355 e. The van der Waals surface area contributed by atoms with Gasteiger partial charge in [-0.15, -0.1) is 0 Å². The molecule has 0 bridgehead atoms. The van der Waals surface area contributed by atoms with Gasteiger partial charge in [0.05, 0.1) is 12.4 Å². The molecule has 3 nitrogen and oxygen atoms in total. The minimum absolute atomic E-state index is 0.459. The minimum atomic E-state index is 0.459. The maximum Gasteiger partial charge on any atom is 0.147 e. The van der Waals surface area contributed by atoms with Crippen LogP contribution in [0.4, 0.5) is 5.82 Å². The Morgan fingerprint density at radius 3 is 2.46 bits per heavy atom. The summed E-state index contributed by atoms with van der Waals surface area (Å²) in [5.41, 5.74) is 0. The third-order valence-corrected chi connectivity index (χ3v) is 2.48. The van der Waals surface area contributed by atoms with Gasteiger partial charge in [0.25, 0.3) is 0 Å². The molecule has 0 spiro atoms. The highest BCUT2D eigenvalue weighted by molar-refractivity contribution is 6.29. The van der Waals surface area contributed by atoms with Gasteiger partial charge in [-0.1, -0.05) is 11.6 Å². The number of aromatic nitrogens is 2. The summed E-state index contributed by atoms with van der Waals surface area (Å²) in [5.74, 6) is 0.948. The SMILES string of the molecule is Clc1cnc(N2CCCCC2)cn1. The van der Waals surface area contributed by atoms with Crippen LogP contribution in [0.3, 0.4) is 0 Å². The molecule has 0 atom stereocenters. The second-order valence-corrected chi connectivity index (χ2v) is 3.63. The van der Waals surface area contributed by atoms with E-state index in [1.165, 1.54) is 19.3 Å². The van der Waals surface area contributed by atoms with Crippen LogP contribution in [-0.4, -0.2) is 23.1 Å². The van der Waals surface area contributed by atoms with Crippen LogP contribution in [0.1, 0.15) is 19.3 Å². The van der Waals surface area contributed by atoms with Crippen LogP contribution in [0.15, 0.2) is 12.4 Å². The lowest BCUT2D eigenvalue weighted by atomic mass is 10.1. The highest BCUT2D eigenvalue weighted by atomic mass is 35.5. The first-order valence-corrected chi connectivity index (χ1v) is 4.96. The monoisotopic (exact) mass is 197 g/mol. The zero-order valence-electron chi connectivity index (χ0n) is 7.41. The molecule has 1 aliphatic rings. The first-order valence-electron chi connectivity index (χ1n) is 4.59. The molecule has 0 amide bonds. The van der Waals surface area contributed by atoms with Crippen LogP contribution in [0.25, 0.3) is 0 Å². The topological polar surface area (TPSA) is 29.0 Å². The third kappa shape index (κ3) is 2.10. The second kappa shape index (κ2) is 3.92. The van der Waals surface area contributed by atoms with Crippen molar-refractivity contribution >= 4 is 17.4 Å². The van der Waals surface area contributed by atoms with Gasteiger partial charge < -0.3 is 4.90 Å². The Bertz CT molecular complexity index is 267. The van der Waals surface area contributed by atoms with Gasteiger partial charge in [-0.05, 0) is 19.3 Å². The summed E-state index contributed by atoms with van der Waals surface area (Å²) in [4.78, 5) is 10.5. The number of nitrogens with zero attached hydrogens (tertiary/aromatic N) is 3. The molecule has 2 rings (SSSR count). The number of halogens is 1. The van der Waals surface area contributed by atoms with Crippen LogP contribution in [0.2, 0.25) is 5.15 Å². The van der Waals surface area contributed by atoms with Gasteiger partial charge in [0.2, 0.25) is 0 Å². The molecule has 1 fully saturated rings. The first kappa shape index (κ1) is 8.75. The Morgan fingerprint density at radius 2 is 1.85 bits per heavy atom. The quantitative estimate of drug-likeness (QED) is 0.691. The van der Waals surface area contributed by atoms with Gasteiger partial charge in [-0.25, -0.2) is 9.97 Å². The first-order chi connectivity index (χ1) is 6.36. The summed E-state index contributed by atoms with van der Waals surface area (Å²) in [7, 11) is 0. The van der Waals surface area contributed by atoms with Crippen LogP contribution < -0.4 is 4.90 Å². The van der Waals surface area contributed by atoms with Gasteiger partial charge in [0.15, 0.2) is 0 Å². The average molecular weight is 198 g/mol. The zero-order chi connectivity index (χ0) is 9.10.